The average Bonchev–Trinajstić information content (AvgIpc) is 2.70. The molecule has 3 N–H and O–H groups in total. The smallest absolute Gasteiger partial charge is 0.240 e. The van der Waals surface area contributed by atoms with E-state index in [0.29, 0.717) is 31.7 Å². The molecule has 1 aromatic rings. The number of ether oxygens (including phenoxy) is 1. The van der Waals surface area contributed by atoms with Gasteiger partial charge in [-0.25, -0.2) is 4.39 Å². The second-order valence-electron chi connectivity index (χ2n) is 8.15. The van der Waals surface area contributed by atoms with E-state index in [1.807, 2.05) is 0 Å². The zero-order chi connectivity index (χ0) is 22.2. The van der Waals surface area contributed by atoms with E-state index < -0.39 is 6.04 Å². The van der Waals surface area contributed by atoms with E-state index in [1.165, 1.54) is 17.0 Å². The quantitative estimate of drug-likeness (QED) is 0.601. The van der Waals surface area contributed by atoms with E-state index in [9.17, 15) is 18.8 Å². The summed E-state index contributed by atoms with van der Waals surface area (Å²) in [5.41, 5.74) is 0.858. The topological polar surface area (TPSA) is 99.8 Å². The van der Waals surface area contributed by atoms with Crippen LogP contribution >= 0.6 is 0 Å². The molecule has 0 aromatic heterocycles. The molecule has 1 aromatic carbocycles. The van der Waals surface area contributed by atoms with Crippen LogP contribution in [0.5, 0.6) is 5.75 Å². The van der Waals surface area contributed by atoms with Gasteiger partial charge in [0.2, 0.25) is 17.7 Å². The fraction of sp³-hybridized carbons (Fsp3) is 0.591. The first-order valence-electron chi connectivity index (χ1n) is 10.9. The summed E-state index contributed by atoms with van der Waals surface area (Å²) in [6.45, 7) is 0.887. The molecule has 1 aliphatic heterocycles. The molecule has 0 spiro atoms. The number of carbonyl (C=O) groups excluding carboxylic acids is 3. The lowest BCUT2D eigenvalue weighted by atomic mass is 9.79. The van der Waals surface area contributed by atoms with Crippen LogP contribution in [0, 0.1) is 11.7 Å². The average molecular weight is 435 g/mol. The van der Waals surface area contributed by atoms with Gasteiger partial charge in [-0.1, -0.05) is 12.5 Å². The number of halogens is 1. The summed E-state index contributed by atoms with van der Waals surface area (Å²) in [6.07, 6.45) is 4.26. The van der Waals surface area contributed by atoms with Gasteiger partial charge >= 0.3 is 0 Å². The number of aryl methyl sites for hydroxylation is 1. The van der Waals surface area contributed by atoms with E-state index in [0.717, 1.165) is 24.8 Å². The second kappa shape index (κ2) is 11.1. The summed E-state index contributed by atoms with van der Waals surface area (Å²) in [6, 6.07) is 4.05. The highest BCUT2D eigenvalue weighted by Crippen LogP contribution is 2.30. The van der Waals surface area contributed by atoms with Gasteiger partial charge in [0.15, 0.2) is 0 Å². The molecule has 9 heteroatoms. The molecule has 1 heterocycles. The number of hydrogen-bond donors (Lipinski definition) is 3. The predicted molar refractivity (Wildman–Crippen MR) is 113 cm³/mol. The standard InChI is InChI=1S/C22H31FN4O4/c1-27-14-20(29)26-13-19(28)24-9-3-6-15-7-8-17(23)12-18(15)31-11-10-25-21(22(27)30)16-4-2-5-16/h7-8,12,16,21,25H,2-6,9-11,13-14H2,1H3,(H,24,28)(H,26,29). The predicted octanol–water partition coefficient (Wildman–Crippen LogP) is 0.600. The first-order chi connectivity index (χ1) is 14.9. The third-order valence-corrected chi connectivity index (χ3v) is 5.79. The third-order valence-electron chi connectivity index (χ3n) is 5.79. The number of carbonyl (C=O) groups is 3. The number of likely N-dealkylation sites (N-methyl/N-ethyl adjacent to an activating group) is 1. The minimum Gasteiger partial charge on any atom is -0.492 e. The molecule has 1 saturated carbocycles. The maximum Gasteiger partial charge on any atom is 0.240 e. The molecular weight excluding hydrogens is 403 g/mol. The summed E-state index contributed by atoms with van der Waals surface area (Å²) < 4.78 is 19.5. The molecule has 2 aliphatic rings. The van der Waals surface area contributed by atoms with Crippen molar-refractivity contribution in [3.8, 4) is 5.75 Å². The van der Waals surface area contributed by atoms with E-state index in [4.69, 9.17) is 4.74 Å². The molecule has 1 atom stereocenters. The number of benzene rings is 1. The number of nitrogens with zero attached hydrogens (tertiary/aromatic N) is 1. The van der Waals surface area contributed by atoms with Crippen molar-refractivity contribution in [2.45, 2.75) is 38.1 Å². The van der Waals surface area contributed by atoms with Crippen LogP contribution in [0.4, 0.5) is 4.39 Å². The third kappa shape index (κ3) is 6.65. The van der Waals surface area contributed by atoms with Crippen molar-refractivity contribution in [3.63, 3.8) is 0 Å². The Morgan fingerprint density at radius 3 is 2.61 bits per heavy atom. The number of hydrogen-bond acceptors (Lipinski definition) is 5. The van der Waals surface area contributed by atoms with Crippen LogP contribution in [0.2, 0.25) is 0 Å². The van der Waals surface area contributed by atoms with Crippen LogP contribution < -0.4 is 20.7 Å². The van der Waals surface area contributed by atoms with E-state index >= 15 is 0 Å². The molecule has 1 aliphatic carbocycles. The van der Waals surface area contributed by atoms with E-state index in [2.05, 4.69) is 16.0 Å². The molecule has 1 unspecified atom stereocenters. The molecule has 3 rings (SSSR count). The summed E-state index contributed by atoms with van der Waals surface area (Å²) in [4.78, 5) is 38.4. The highest BCUT2D eigenvalue weighted by atomic mass is 19.1. The van der Waals surface area contributed by atoms with Crippen molar-refractivity contribution in [3.05, 3.63) is 29.6 Å². The van der Waals surface area contributed by atoms with Crippen LogP contribution in [-0.2, 0) is 20.8 Å². The van der Waals surface area contributed by atoms with Crippen LogP contribution in [-0.4, -0.2) is 68.5 Å². The Balaban J connectivity index is 1.71. The van der Waals surface area contributed by atoms with Crippen molar-refractivity contribution < 1.29 is 23.5 Å². The fourth-order valence-corrected chi connectivity index (χ4v) is 3.81. The molecular formula is C22H31FN4O4. The first-order valence-corrected chi connectivity index (χ1v) is 10.9. The molecule has 0 bridgehead atoms. The Labute approximate surface area is 181 Å². The maximum absolute atomic E-state index is 13.7. The largest absolute Gasteiger partial charge is 0.492 e. The van der Waals surface area contributed by atoms with Crippen molar-refractivity contribution in [2.24, 2.45) is 5.92 Å². The van der Waals surface area contributed by atoms with Crippen molar-refractivity contribution in [1.82, 2.24) is 20.9 Å². The molecule has 31 heavy (non-hydrogen) atoms. The lowest BCUT2D eigenvalue weighted by Gasteiger charge is -2.35. The van der Waals surface area contributed by atoms with Crippen molar-refractivity contribution in [1.29, 1.82) is 0 Å². The highest BCUT2D eigenvalue weighted by Gasteiger charge is 2.34. The normalized spacial score (nSPS) is 22.8. The zero-order valence-electron chi connectivity index (χ0n) is 17.9. The minimum absolute atomic E-state index is 0.111. The number of amides is 3. The minimum atomic E-state index is -0.399. The van der Waals surface area contributed by atoms with Crippen molar-refractivity contribution in [2.75, 3.05) is 39.8 Å². The SMILES string of the molecule is CN1CC(=O)NCC(=O)NCCCc2ccc(F)cc2OCCNC(C2CCC2)C1=O. The van der Waals surface area contributed by atoms with Crippen LogP contribution in [0.3, 0.4) is 0 Å². The van der Waals surface area contributed by atoms with E-state index in [-0.39, 0.29) is 49.2 Å². The van der Waals surface area contributed by atoms with E-state index in [1.54, 1.807) is 13.1 Å². The summed E-state index contributed by atoms with van der Waals surface area (Å²) in [7, 11) is 1.59. The molecule has 8 nitrogen and oxygen atoms in total. The molecule has 0 radical (unpaired) electrons. The Morgan fingerprint density at radius 1 is 1.06 bits per heavy atom. The first kappa shape index (κ1) is 23.0. The number of fused-ring (bicyclic) bond motifs is 1. The Hall–Kier alpha value is -2.68. The van der Waals surface area contributed by atoms with Crippen LogP contribution in [0.25, 0.3) is 0 Å². The molecule has 170 valence electrons. The van der Waals surface area contributed by atoms with Crippen LogP contribution in [0.1, 0.15) is 31.2 Å². The lowest BCUT2D eigenvalue weighted by Crippen LogP contribution is -2.53. The summed E-state index contributed by atoms with van der Waals surface area (Å²) in [5, 5.41) is 8.57. The number of rotatable bonds is 1. The summed E-state index contributed by atoms with van der Waals surface area (Å²) in [5.74, 6) is -0.505. The molecule has 3 amide bonds. The number of nitrogens with one attached hydrogen (secondary N) is 3. The van der Waals surface area contributed by atoms with Gasteiger partial charge in [0.05, 0.1) is 19.1 Å². The van der Waals surface area contributed by atoms with Gasteiger partial charge in [0, 0.05) is 26.2 Å². The Bertz CT molecular complexity index is 800. The lowest BCUT2D eigenvalue weighted by molar-refractivity contribution is -0.138. The Kier molecular flexibility index (Phi) is 8.22. The van der Waals surface area contributed by atoms with Crippen LogP contribution in [0.15, 0.2) is 18.2 Å². The molecule has 1 fully saturated rings. The molecule has 0 saturated heterocycles. The zero-order valence-corrected chi connectivity index (χ0v) is 17.9. The van der Waals surface area contributed by atoms with Gasteiger partial charge < -0.3 is 25.6 Å². The maximum atomic E-state index is 13.7. The van der Waals surface area contributed by atoms with Gasteiger partial charge in [-0.3, -0.25) is 14.4 Å². The fourth-order valence-electron chi connectivity index (χ4n) is 3.81. The van der Waals surface area contributed by atoms with Gasteiger partial charge in [-0.2, -0.15) is 0 Å². The van der Waals surface area contributed by atoms with Crippen molar-refractivity contribution >= 4 is 17.7 Å². The highest BCUT2D eigenvalue weighted by molar-refractivity contribution is 5.89. The van der Waals surface area contributed by atoms with Gasteiger partial charge in [0.1, 0.15) is 18.2 Å². The van der Waals surface area contributed by atoms with Gasteiger partial charge in [-0.15, -0.1) is 0 Å². The Morgan fingerprint density at radius 2 is 1.87 bits per heavy atom. The summed E-state index contributed by atoms with van der Waals surface area (Å²) >= 11 is 0. The monoisotopic (exact) mass is 434 g/mol. The van der Waals surface area contributed by atoms with Gasteiger partial charge in [0.25, 0.3) is 0 Å². The second-order valence-corrected chi connectivity index (χ2v) is 8.15. The van der Waals surface area contributed by atoms with Gasteiger partial charge in [-0.05, 0) is 43.2 Å².